The number of benzene rings is 1. The van der Waals surface area contributed by atoms with Crippen molar-refractivity contribution in [3.8, 4) is 11.3 Å². The summed E-state index contributed by atoms with van der Waals surface area (Å²) in [6.45, 7) is 0.579. The largest absolute Gasteiger partial charge is 0.351 e. The van der Waals surface area contributed by atoms with Crippen LogP contribution in [0, 0.1) is 5.82 Å². The summed E-state index contributed by atoms with van der Waals surface area (Å²) in [5.74, 6) is -0.685. The lowest BCUT2D eigenvalue weighted by Gasteiger charge is -2.04. The molecule has 1 aromatic carbocycles. The van der Waals surface area contributed by atoms with Gasteiger partial charge >= 0.3 is 0 Å². The van der Waals surface area contributed by atoms with Gasteiger partial charge in [0.2, 0.25) is 10.0 Å². The molecule has 0 saturated carbocycles. The first-order valence-electron chi connectivity index (χ1n) is 6.89. The third-order valence-electron chi connectivity index (χ3n) is 2.97. The molecule has 0 saturated heterocycles. The van der Waals surface area contributed by atoms with E-state index in [1.165, 1.54) is 12.1 Å². The van der Waals surface area contributed by atoms with Gasteiger partial charge in [0.1, 0.15) is 11.5 Å². The van der Waals surface area contributed by atoms with E-state index < -0.39 is 10.0 Å². The topological polar surface area (TPSA) is 104 Å². The van der Waals surface area contributed by atoms with Crippen LogP contribution in [0.2, 0.25) is 0 Å². The van der Waals surface area contributed by atoms with E-state index in [-0.39, 0.29) is 24.0 Å². The van der Waals surface area contributed by atoms with Crippen LogP contribution in [0.25, 0.3) is 11.3 Å². The van der Waals surface area contributed by atoms with E-state index in [1.54, 1.807) is 18.2 Å². The fourth-order valence-electron chi connectivity index (χ4n) is 1.85. The molecule has 1 aromatic heterocycles. The van der Waals surface area contributed by atoms with Crippen LogP contribution in [-0.2, 0) is 10.0 Å². The number of hydrogen-bond donors (Lipinski definition) is 3. The lowest BCUT2D eigenvalue weighted by atomic mass is 10.1. The zero-order valence-electron chi connectivity index (χ0n) is 12.5. The molecule has 0 aliphatic carbocycles. The van der Waals surface area contributed by atoms with Crippen molar-refractivity contribution < 1.29 is 17.6 Å². The maximum Gasteiger partial charge on any atom is 0.269 e. The molecule has 0 fully saturated rings. The molecule has 2 rings (SSSR count). The lowest BCUT2D eigenvalue weighted by molar-refractivity contribution is 0.0948. The highest BCUT2D eigenvalue weighted by Gasteiger charge is 2.10. The number of hydrogen-bond acceptors (Lipinski definition) is 4. The molecule has 124 valence electrons. The number of aromatic nitrogens is 2. The Morgan fingerprint density at radius 2 is 1.96 bits per heavy atom. The maximum absolute atomic E-state index is 12.9. The summed E-state index contributed by atoms with van der Waals surface area (Å²) in [5.41, 5.74) is 1.51. The van der Waals surface area contributed by atoms with Gasteiger partial charge in [-0.15, -0.1) is 0 Å². The highest BCUT2D eigenvalue weighted by atomic mass is 32.2. The van der Waals surface area contributed by atoms with Crippen LogP contribution < -0.4 is 10.0 Å². The number of carbonyl (C=O) groups is 1. The first-order chi connectivity index (χ1) is 10.8. The SMILES string of the molecule is CS(=O)(=O)NCCCNC(=O)c1cc(-c2ccc(F)cc2)n[nH]1. The van der Waals surface area contributed by atoms with Crippen LogP contribution in [0.15, 0.2) is 30.3 Å². The number of H-pyrrole nitrogens is 1. The summed E-state index contributed by atoms with van der Waals surface area (Å²) < 4.78 is 37.0. The second kappa shape index (κ2) is 7.34. The monoisotopic (exact) mass is 340 g/mol. The standard InChI is InChI=1S/C14H17FN4O3S/c1-23(21,22)17-8-2-7-16-14(20)13-9-12(18-19-13)10-3-5-11(15)6-4-10/h3-6,9,17H,2,7-8H2,1H3,(H,16,20)(H,18,19). The van der Waals surface area contributed by atoms with Gasteiger partial charge in [-0.3, -0.25) is 9.89 Å². The van der Waals surface area contributed by atoms with Crippen molar-refractivity contribution >= 4 is 15.9 Å². The predicted molar refractivity (Wildman–Crippen MR) is 83.8 cm³/mol. The Hall–Kier alpha value is -2.26. The summed E-state index contributed by atoms with van der Waals surface area (Å²) in [6.07, 6.45) is 1.55. The number of rotatable bonds is 7. The average molecular weight is 340 g/mol. The molecule has 0 radical (unpaired) electrons. The number of amides is 1. The predicted octanol–water partition coefficient (Wildman–Crippen LogP) is 0.885. The second-order valence-electron chi connectivity index (χ2n) is 4.95. The van der Waals surface area contributed by atoms with Crippen molar-refractivity contribution in [1.82, 2.24) is 20.2 Å². The van der Waals surface area contributed by atoms with Gasteiger partial charge in [-0.2, -0.15) is 5.10 Å². The molecule has 0 unspecified atom stereocenters. The minimum atomic E-state index is -3.21. The van der Waals surface area contributed by atoms with Gasteiger partial charge in [-0.1, -0.05) is 0 Å². The highest BCUT2D eigenvalue weighted by molar-refractivity contribution is 7.88. The number of sulfonamides is 1. The van der Waals surface area contributed by atoms with Crippen LogP contribution in [0.5, 0.6) is 0 Å². The maximum atomic E-state index is 12.9. The van der Waals surface area contributed by atoms with Crippen molar-refractivity contribution in [2.45, 2.75) is 6.42 Å². The smallest absolute Gasteiger partial charge is 0.269 e. The van der Waals surface area contributed by atoms with E-state index in [0.29, 0.717) is 24.2 Å². The van der Waals surface area contributed by atoms with Crippen molar-refractivity contribution in [2.24, 2.45) is 0 Å². The third kappa shape index (κ3) is 5.46. The number of aromatic amines is 1. The lowest BCUT2D eigenvalue weighted by Crippen LogP contribution is -2.29. The molecule has 0 spiro atoms. The Labute approximate surface area is 133 Å². The molecular weight excluding hydrogens is 323 g/mol. The number of nitrogens with one attached hydrogen (secondary N) is 3. The van der Waals surface area contributed by atoms with Gasteiger partial charge in [0.25, 0.3) is 5.91 Å². The molecular formula is C14H17FN4O3S. The van der Waals surface area contributed by atoms with Crippen LogP contribution in [0.3, 0.4) is 0 Å². The molecule has 23 heavy (non-hydrogen) atoms. The van der Waals surface area contributed by atoms with Gasteiger partial charge < -0.3 is 5.32 Å². The Bertz CT molecular complexity index is 772. The van der Waals surface area contributed by atoms with Gasteiger partial charge in [0, 0.05) is 18.7 Å². The zero-order chi connectivity index (χ0) is 16.9. The summed E-state index contributed by atoms with van der Waals surface area (Å²) in [5, 5.41) is 9.28. The molecule has 0 aliphatic heterocycles. The number of halogens is 1. The summed E-state index contributed by atoms with van der Waals surface area (Å²) >= 11 is 0. The summed E-state index contributed by atoms with van der Waals surface area (Å²) in [4.78, 5) is 11.9. The highest BCUT2D eigenvalue weighted by Crippen LogP contribution is 2.17. The number of nitrogens with zero attached hydrogens (tertiary/aromatic N) is 1. The zero-order valence-corrected chi connectivity index (χ0v) is 13.3. The molecule has 0 atom stereocenters. The second-order valence-corrected chi connectivity index (χ2v) is 6.78. The first-order valence-corrected chi connectivity index (χ1v) is 8.78. The van der Waals surface area contributed by atoms with Crippen molar-refractivity contribution in [1.29, 1.82) is 0 Å². The van der Waals surface area contributed by atoms with Gasteiger partial charge in [-0.05, 0) is 36.8 Å². The van der Waals surface area contributed by atoms with Crippen LogP contribution in [-0.4, -0.2) is 43.9 Å². The summed E-state index contributed by atoms with van der Waals surface area (Å²) in [7, 11) is -3.21. The van der Waals surface area contributed by atoms with E-state index in [0.717, 1.165) is 6.26 Å². The van der Waals surface area contributed by atoms with Gasteiger partial charge in [0.15, 0.2) is 0 Å². The van der Waals surface area contributed by atoms with E-state index in [9.17, 15) is 17.6 Å². The molecule has 1 amide bonds. The quantitative estimate of drug-likeness (QED) is 0.651. The molecule has 7 nitrogen and oxygen atoms in total. The van der Waals surface area contributed by atoms with Crippen LogP contribution in [0.4, 0.5) is 4.39 Å². The molecule has 0 bridgehead atoms. The normalized spacial score (nSPS) is 11.4. The minimum absolute atomic E-state index is 0.253. The number of carbonyl (C=O) groups excluding carboxylic acids is 1. The van der Waals surface area contributed by atoms with Crippen molar-refractivity contribution in [3.63, 3.8) is 0 Å². The van der Waals surface area contributed by atoms with Crippen LogP contribution >= 0.6 is 0 Å². The average Bonchev–Trinajstić information content (AvgIpc) is 2.96. The van der Waals surface area contributed by atoms with E-state index in [1.807, 2.05) is 0 Å². The van der Waals surface area contributed by atoms with Gasteiger partial charge in [0.05, 0.1) is 11.9 Å². The Balaban J connectivity index is 1.85. The molecule has 1 heterocycles. The van der Waals surface area contributed by atoms with Crippen LogP contribution in [0.1, 0.15) is 16.9 Å². The van der Waals surface area contributed by atoms with E-state index in [2.05, 4.69) is 20.2 Å². The van der Waals surface area contributed by atoms with Crippen molar-refractivity contribution in [2.75, 3.05) is 19.3 Å². The van der Waals surface area contributed by atoms with Gasteiger partial charge in [-0.25, -0.2) is 17.5 Å². The molecule has 3 N–H and O–H groups in total. The fraction of sp³-hybridized carbons (Fsp3) is 0.286. The summed E-state index contributed by atoms with van der Waals surface area (Å²) in [6, 6.07) is 7.35. The van der Waals surface area contributed by atoms with E-state index >= 15 is 0 Å². The van der Waals surface area contributed by atoms with E-state index in [4.69, 9.17) is 0 Å². The third-order valence-corrected chi connectivity index (χ3v) is 3.69. The fourth-order valence-corrected chi connectivity index (χ4v) is 2.36. The molecule has 9 heteroatoms. The minimum Gasteiger partial charge on any atom is -0.351 e. The Kier molecular flexibility index (Phi) is 5.45. The van der Waals surface area contributed by atoms with Crippen molar-refractivity contribution in [3.05, 3.63) is 41.8 Å². The molecule has 2 aromatic rings. The first kappa shape index (κ1) is 17.1. The Morgan fingerprint density at radius 1 is 1.26 bits per heavy atom. The molecule has 0 aliphatic rings. The Morgan fingerprint density at radius 3 is 2.61 bits per heavy atom.